The Hall–Kier alpha value is -3.22. The van der Waals surface area contributed by atoms with E-state index in [-0.39, 0.29) is 12.4 Å². The van der Waals surface area contributed by atoms with E-state index in [1.165, 1.54) is 17.0 Å². The third-order valence-corrected chi connectivity index (χ3v) is 5.78. The molecule has 1 aliphatic heterocycles. The van der Waals surface area contributed by atoms with E-state index in [9.17, 15) is 18.8 Å². The fourth-order valence-corrected chi connectivity index (χ4v) is 4.38. The monoisotopic (exact) mass is 381 g/mol. The SMILES string of the molecule is NC(=O)C1CCCC12C(=O)NC(=O)N2Cc1ccc(-c2ccc(F)cc2)cc1. The number of nitrogens with two attached hydrogens (primary N) is 1. The van der Waals surface area contributed by atoms with Gasteiger partial charge in [-0.1, -0.05) is 36.4 Å². The maximum atomic E-state index is 13.1. The molecule has 4 rings (SSSR count). The van der Waals surface area contributed by atoms with Crippen molar-refractivity contribution in [1.82, 2.24) is 10.2 Å². The van der Waals surface area contributed by atoms with Gasteiger partial charge in [-0.05, 0) is 48.1 Å². The first kappa shape index (κ1) is 18.2. The summed E-state index contributed by atoms with van der Waals surface area (Å²) < 4.78 is 13.1. The van der Waals surface area contributed by atoms with E-state index in [0.717, 1.165) is 16.7 Å². The first-order valence-electron chi connectivity index (χ1n) is 9.19. The lowest BCUT2D eigenvalue weighted by Gasteiger charge is -2.35. The van der Waals surface area contributed by atoms with Crippen LogP contribution in [0.15, 0.2) is 48.5 Å². The molecule has 2 aromatic rings. The minimum atomic E-state index is -1.20. The van der Waals surface area contributed by atoms with Gasteiger partial charge in [0.2, 0.25) is 5.91 Å². The number of halogens is 1. The molecule has 7 heteroatoms. The number of benzene rings is 2. The standard InChI is InChI=1S/C21H20FN3O3/c22-16-9-7-15(8-10-16)14-5-3-13(4-6-14)12-25-20(28)24-19(27)21(25)11-1-2-17(21)18(23)26/h3-10,17H,1-2,11-12H2,(H2,23,26)(H,24,27,28). The Balaban J connectivity index is 1.60. The molecule has 2 aliphatic rings. The lowest BCUT2D eigenvalue weighted by atomic mass is 9.84. The highest BCUT2D eigenvalue weighted by Crippen LogP contribution is 2.44. The van der Waals surface area contributed by atoms with Crippen molar-refractivity contribution >= 4 is 17.8 Å². The molecule has 1 heterocycles. The molecule has 4 amide bonds. The fraction of sp³-hybridized carbons (Fsp3) is 0.286. The molecule has 0 bridgehead atoms. The normalized spacial score (nSPS) is 24.0. The summed E-state index contributed by atoms with van der Waals surface area (Å²) in [6, 6.07) is 13.2. The van der Waals surface area contributed by atoms with E-state index in [0.29, 0.717) is 19.3 Å². The van der Waals surface area contributed by atoms with Crippen molar-refractivity contribution in [3.63, 3.8) is 0 Å². The summed E-state index contributed by atoms with van der Waals surface area (Å²) in [5, 5.41) is 2.35. The van der Waals surface area contributed by atoms with E-state index < -0.39 is 29.3 Å². The Morgan fingerprint density at radius 1 is 1.11 bits per heavy atom. The molecule has 1 spiro atoms. The van der Waals surface area contributed by atoms with Crippen LogP contribution in [0.4, 0.5) is 9.18 Å². The predicted octanol–water partition coefficient (Wildman–Crippen LogP) is 2.57. The molecular weight excluding hydrogens is 361 g/mol. The Bertz CT molecular complexity index is 942. The number of rotatable bonds is 4. The van der Waals surface area contributed by atoms with Crippen LogP contribution in [0.3, 0.4) is 0 Å². The summed E-state index contributed by atoms with van der Waals surface area (Å²) in [6.45, 7) is 0.199. The second-order valence-electron chi connectivity index (χ2n) is 7.32. The minimum Gasteiger partial charge on any atom is -0.369 e. The number of hydrogen-bond donors (Lipinski definition) is 2. The summed E-state index contributed by atoms with van der Waals surface area (Å²) in [4.78, 5) is 38.4. The zero-order valence-electron chi connectivity index (χ0n) is 15.2. The highest BCUT2D eigenvalue weighted by atomic mass is 19.1. The van der Waals surface area contributed by atoms with E-state index in [1.807, 2.05) is 24.3 Å². The van der Waals surface area contributed by atoms with Crippen molar-refractivity contribution in [3.05, 3.63) is 59.9 Å². The molecule has 2 atom stereocenters. The summed E-state index contributed by atoms with van der Waals surface area (Å²) >= 11 is 0. The number of amides is 4. The Labute approximate surface area is 161 Å². The Kier molecular flexibility index (Phi) is 4.37. The molecule has 1 saturated carbocycles. The zero-order chi connectivity index (χ0) is 19.9. The largest absolute Gasteiger partial charge is 0.369 e. The predicted molar refractivity (Wildman–Crippen MR) is 100 cm³/mol. The highest BCUT2D eigenvalue weighted by molar-refractivity contribution is 6.09. The molecule has 3 N–H and O–H groups in total. The average molecular weight is 381 g/mol. The van der Waals surface area contributed by atoms with Gasteiger partial charge in [0.25, 0.3) is 5.91 Å². The van der Waals surface area contributed by atoms with Gasteiger partial charge in [0.15, 0.2) is 0 Å². The van der Waals surface area contributed by atoms with Crippen molar-refractivity contribution in [2.75, 3.05) is 0 Å². The number of nitrogens with one attached hydrogen (secondary N) is 1. The van der Waals surface area contributed by atoms with E-state index >= 15 is 0 Å². The van der Waals surface area contributed by atoms with Crippen LogP contribution in [0.1, 0.15) is 24.8 Å². The maximum absolute atomic E-state index is 13.1. The van der Waals surface area contributed by atoms with Crippen LogP contribution in [0.25, 0.3) is 11.1 Å². The van der Waals surface area contributed by atoms with Crippen LogP contribution < -0.4 is 11.1 Å². The number of nitrogens with zero attached hydrogens (tertiary/aromatic N) is 1. The highest BCUT2D eigenvalue weighted by Gasteiger charge is 2.61. The van der Waals surface area contributed by atoms with Crippen molar-refractivity contribution in [2.24, 2.45) is 11.7 Å². The molecule has 2 aromatic carbocycles. The van der Waals surface area contributed by atoms with Gasteiger partial charge in [0.1, 0.15) is 11.4 Å². The Morgan fingerprint density at radius 3 is 2.32 bits per heavy atom. The number of carbonyl (C=O) groups excluding carboxylic acids is 3. The summed E-state index contributed by atoms with van der Waals surface area (Å²) in [6.07, 6.45) is 1.58. The number of carbonyl (C=O) groups is 3. The van der Waals surface area contributed by atoms with Crippen molar-refractivity contribution < 1.29 is 18.8 Å². The second kappa shape index (κ2) is 6.74. The second-order valence-corrected chi connectivity index (χ2v) is 7.32. The number of hydrogen-bond acceptors (Lipinski definition) is 3. The first-order valence-corrected chi connectivity index (χ1v) is 9.19. The van der Waals surface area contributed by atoms with Gasteiger partial charge in [-0.2, -0.15) is 0 Å². The van der Waals surface area contributed by atoms with Gasteiger partial charge in [-0.25, -0.2) is 9.18 Å². The number of urea groups is 1. The topological polar surface area (TPSA) is 92.5 Å². The van der Waals surface area contributed by atoms with Crippen LogP contribution in [0.5, 0.6) is 0 Å². The lowest BCUT2D eigenvalue weighted by molar-refractivity contribution is -0.135. The van der Waals surface area contributed by atoms with Crippen molar-refractivity contribution in [1.29, 1.82) is 0 Å². The molecule has 28 heavy (non-hydrogen) atoms. The lowest BCUT2D eigenvalue weighted by Crippen LogP contribution is -2.55. The van der Waals surface area contributed by atoms with Gasteiger partial charge in [0, 0.05) is 6.54 Å². The van der Waals surface area contributed by atoms with E-state index in [4.69, 9.17) is 5.73 Å². The van der Waals surface area contributed by atoms with Crippen LogP contribution in [0, 0.1) is 11.7 Å². The molecule has 1 saturated heterocycles. The van der Waals surface area contributed by atoms with Crippen LogP contribution in [-0.2, 0) is 16.1 Å². The Morgan fingerprint density at radius 2 is 1.71 bits per heavy atom. The minimum absolute atomic E-state index is 0.199. The van der Waals surface area contributed by atoms with Crippen molar-refractivity contribution in [3.8, 4) is 11.1 Å². The molecule has 2 unspecified atom stereocenters. The quantitative estimate of drug-likeness (QED) is 0.797. The van der Waals surface area contributed by atoms with Gasteiger partial charge in [-0.3, -0.25) is 14.9 Å². The first-order chi connectivity index (χ1) is 13.4. The van der Waals surface area contributed by atoms with Gasteiger partial charge < -0.3 is 10.6 Å². The molecule has 0 radical (unpaired) electrons. The van der Waals surface area contributed by atoms with E-state index in [2.05, 4.69) is 5.32 Å². The smallest absolute Gasteiger partial charge is 0.325 e. The molecule has 1 aliphatic carbocycles. The third kappa shape index (κ3) is 2.83. The summed E-state index contributed by atoms with van der Waals surface area (Å²) in [5.41, 5.74) is 6.95. The molecule has 6 nitrogen and oxygen atoms in total. The average Bonchev–Trinajstić information content (AvgIpc) is 3.22. The number of imide groups is 1. The number of primary amides is 1. The summed E-state index contributed by atoms with van der Waals surface area (Å²) in [7, 11) is 0. The van der Waals surface area contributed by atoms with Gasteiger partial charge in [0.05, 0.1) is 5.92 Å². The molecular formula is C21H20FN3O3. The molecule has 0 aromatic heterocycles. The van der Waals surface area contributed by atoms with Crippen LogP contribution in [-0.4, -0.2) is 28.3 Å². The maximum Gasteiger partial charge on any atom is 0.325 e. The van der Waals surface area contributed by atoms with Gasteiger partial charge in [-0.15, -0.1) is 0 Å². The van der Waals surface area contributed by atoms with E-state index in [1.54, 1.807) is 12.1 Å². The fourth-order valence-electron chi connectivity index (χ4n) is 4.38. The molecule has 144 valence electrons. The van der Waals surface area contributed by atoms with Crippen LogP contribution >= 0.6 is 0 Å². The van der Waals surface area contributed by atoms with Crippen LogP contribution in [0.2, 0.25) is 0 Å². The summed E-state index contributed by atoms with van der Waals surface area (Å²) in [5.74, 6) is -1.98. The van der Waals surface area contributed by atoms with Gasteiger partial charge >= 0.3 is 6.03 Å². The van der Waals surface area contributed by atoms with Crippen molar-refractivity contribution in [2.45, 2.75) is 31.3 Å². The third-order valence-electron chi connectivity index (χ3n) is 5.78. The zero-order valence-corrected chi connectivity index (χ0v) is 15.2. The molecule has 2 fully saturated rings.